The molecule has 15 nitrogen and oxygen atoms in total. The second kappa shape index (κ2) is 15.3. The molecule has 59 heavy (non-hydrogen) atoms. The number of nitrogens with zero attached hydrogens (tertiary/aromatic N) is 2. The van der Waals surface area contributed by atoms with Gasteiger partial charge in [-0.15, -0.1) is 0 Å². The molecule has 16 heteroatoms. The summed E-state index contributed by atoms with van der Waals surface area (Å²) in [6.07, 6.45) is 6.51. The van der Waals surface area contributed by atoms with Gasteiger partial charge in [0.05, 0.1) is 11.8 Å². The van der Waals surface area contributed by atoms with E-state index in [1.807, 2.05) is 56.3 Å². The van der Waals surface area contributed by atoms with E-state index in [-0.39, 0.29) is 19.4 Å². The van der Waals surface area contributed by atoms with Crippen LogP contribution < -0.4 is 20.1 Å². The average Bonchev–Trinajstić information content (AvgIpc) is 4.03. The fourth-order valence-corrected chi connectivity index (χ4v) is 9.41. The highest BCUT2D eigenvalue weighted by atomic mass is 32.2. The number of fused-ring (bicyclic) bond motifs is 5. The lowest BCUT2D eigenvalue weighted by molar-refractivity contribution is -0.141. The number of carbonyl (C=O) groups excluding carboxylic acids is 4. The highest BCUT2D eigenvalue weighted by Crippen LogP contribution is 2.46. The Morgan fingerprint density at radius 2 is 1.81 bits per heavy atom. The number of hydrogen-bond donors (Lipinski definition) is 3. The zero-order chi connectivity index (χ0) is 41.9. The highest BCUT2D eigenvalue weighted by molar-refractivity contribution is 7.91. The number of aromatic nitrogens is 1. The number of aryl methyl sites for hydroxylation is 2. The monoisotopic (exact) mass is 829 g/mol. The largest absolute Gasteiger partial charge is 0.484 e. The number of sulfonamides is 1. The molecule has 3 fully saturated rings. The van der Waals surface area contributed by atoms with Crippen LogP contribution in [0.1, 0.15) is 89.9 Å². The van der Waals surface area contributed by atoms with Crippen molar-refractivity contribution in [2.24, 2.45) is 5.92 Å². The summed E-state index contributed by atoms with van der Waals surface area (Å²) in [5, 5.41) is 5.78. The molecule has 4 aliphatic rings. The van der Waals surface area contributed by atoms with Crippen LogP contribution >= 0.6 is 0 Å². The zero-order valence-electron chi connectivity index (χ0n) is 34.0. The fraction of sp³-hybridized carbons (Fsp3) is 0.512. The first kappa shape index (κ1) is 40.4. The molecule has 0 bridgehead atoms. The average molecular weight is 830 g/mol. The molecule has 4 aromatic rings. The topological polar surface area (TPSA) is 199 Å². The molecule has 5 heterocycles. The maximum atomic E-state index is 14.7. The summed E-state index contributed by atoms with van der Waals surface area (Å²) in [6.45, 7) is 8.94. The highest BCUT2D eigenvalue weighted by Gasteiger charge is 2.62. The maximum Gasteiger partial charge on any atom is 0.408 e. The van der Waals surface area contributed by atoms with E-state index in [1.165, 1.54) is 4.90 Å². The molecule has 2 aliphatic heterocycles. The summed E-state index contributed by atoms with van der Waals surface area (Å²) >= 11 is 0. The number of carbonyl (C=O) groups is 4. The Bertz CT molecular complexity index is 2440. The van der Waals surface area contributed by atoms with Gasteiger partial charge in [-0.05, 0) is 96.9 Å². The normalized spacial score (nSPS) is 25.4. The van der Waals surface area contributed by atoms with Gasteiger partial charge < -0.3 is 33.8 Å². The van der Waals surface area contributed by atoms with Gasteiger partial charge in [-0.2, -0.15) is 0 Å². The third-order valence-corrected chi connectivity index (χ3v) is 13.4. The van der Waals surface area contributed by atoms with Gasteiger partial charge in [0, 0.05) is 23.8 Å². The van der Waals surface area contributed by atoms with Crippen LogP contribution in [-0.4, -0.2) is 83.2 Å². The van der Waals surface area contributed by atoms with Gasteiger partial charge >= 0.3 is 6.09 Å². The summed E-state index contributed by atoms with van der Waals surface area (Å²) in [4.78, 5) is 62.5. The zero-order valence-corrected chi connectivity index (χ0v) is 34.8. The van der Waals surface area contributed by atoms with Crippen LogP contribution in [0, 0.1) is 19.8 Å². The SMILES string of the molecule is Cc1cc(-c2cc(O[C@@H]3C[C@H]4C(=O)N[C@]5(C(=O)NS(=O)(=O)C6CC6)C[C@H]5C=CCCCCC[C@H](NC(=O)OC(C)(C)C)C(=O)N4C3)c3oc4ccccc4c3n2)oc1C. The Morgan fingerprint density at radius 1 is 1.03 bits per heavy atom. The third-order valence-electron chi connectivity index (χ3n) is 11.5. The van der Waals surface area contributed by atoms with Crippen LogP contribution in [0.3, 0.4) is 0 Å². The van der Waals surface area contributed by atoms with Crippen LogP contribution in [-0.2, 0) is 29.1 Å². The number of nitrogens with one attached hydrogen (secondary N) is 3. The summed E-state index contributed by atoms with van der Waals surface area (Å²) in [5.74, 6) is -0.808. The lowest BCUT2D eigenvalue weighted by Gasteiger charge is -2.30. The fourth-order valence-electron chi connectivity index (χ4n) is 8.04. The van der Waals surface area contributed by atoms with Crippen molar-refractivity contribution in [1.82, 2.24) is 25.2 Å². The van der Waals surface area contributed by atoms with Crippen molar-refractivity contribution in [2.45, 2.75) is 127 Å². The van der Waals surface area contributed by atoms with Crippen molar-refractivity contribution in [3.8, 4) is 17.2 Å². The van der Waals surface area contributed by atoms with E-state index < -0.39 is 74.3 Å². The van der Waals surface area contributed by atoms with Crippen molar-refractivity contribution in [2.75, 3.05) is 6.54 Å². The summed E-state index contributed by atoms with van der Waals surface area (Å²) in [7, 11) is -3.92. The van der Waals surface area contributed by atoms with Crippen molar-refractivity contribution < 1.29 is 45.9 Å². The molecule has 3 N–H and O–H groups in total. The Balaban J connectivity index is 1.15. The predicted octanol–water partition coefficient (Wildman–Crippen LogP) is 6.10. The first-order valence-corrected chi connectivity index (χ1v) is 22.0. The minimum atomic E-state index is -3.92. The molecular formula is C43H51N5O10S. The second-order valence-corrected chi connectivity index (χ2v) is 19.3. The van der Waals surface area contributed by atoms with Crippen LogP contribution in [0.5, 0.6) is 5.75 Å². The van der Waals surface area contributed by atoms with Crippen molar-refractivity contribution in [3.63, 3.8) is 0 Å². The van der Waals surface area contributed by atoms with Gasteiger partial charge in [0.2, 0.25) is 21.8 Å². The summed E-state index contributed by atoms with van der Waals surface area (Å²) in [6, 6.07) is 8.89. The first-order chi connectivity index (χ1) is 28.0. The lowest BCUT2D eigenvalue weighted by Crippen LogP contribution is -2.58. The molecule has 0 radical (unpaired) electrons. The molecular weight excluding hydrogens is 779 g/mol. The Hall–Kier alpha value is -5.38. The minimum absolute atomic E-state index is 0.00759. The smallest absolute Gasteiger partial charge is 0.408 e. The van der Waals surface area contributed by atoms with E-state index in [2.05, 4.69) is 15.4 Å². The number of amides is 4. The Kier molecular flexibility index (Phi) is 10.5. The van der Waals surface area contributed by atoms with Gasteiger partial charge in [0.25, 0.3) is 5.91 Å². The van der Waals surface area contributed by atoms with Gasteiger partial charge in [0.15, 0.2) is 17.1 Å². The Labute approximate surface area is 342 Å². The molecule has 314 valence electrons. The number of hydrogen-bond acceptors (Lipinski definition) is 11. The van der Waals surface area contributed by atoms with Crippen molar-refractivity contribution in [1.29, 1.82) is 0 Å². The van der Waals surface area contributed by atoms with E-state index in [9.17, 15) is 27.6 Å². The number of alkyl carbamates (subject to hydrolysis) is 1. The summed E-state index contributed by atoms with van der Waals surface area (Å²) < 4.78 is 52.7. The minimum Gasteiger partial charge on any atom is -0.484 e. The molecule has 0 unspecified atom stereocenters. The van der Waals surface area contributed by atoms with E-state index in [0.29, 0.717) is 66.0 Å². The number of rotatable bonds is 7. The van der Waals surface area contributed by atoms with Gasteiger partial charge in [-0.3, -0.25) is 19.1 Å². The van der Waals surface area contributed by atoms with E-state index in [4.69, 9.17) is 23.3 Å². The summed E-state index contributed by atoms with van der Waals surface area (Å²) in [5.41, 5.74) is 0.608. The molecule has 1 saturated heterocycles. The van der Waals surface area contributed by atoms with Gasteiger partial charge in [0.1, 0.15) is 51.9 Å². The van der Waals surface area contributed by atoms with Crippen LogP contribution in [0.15, 0.2) is 57.4 Å². The molecule has 0 spiro atoms. The number of allylic oxidation sites excluding steroid dienone is 1. The van der Waals surface area contributed by atoms with Gasteiger partial charge in [-0.25, -0.2) is 18.2 Å². The van der Waals surface area contributed by atoms with Crippen LogP contribution in [0.25, 0.3) is 33.5 Å². The van der Waals surface area contributed by atoms with Crippen LogP contribution in [0.2, 0.25) is 0 Å². The lowest BCUT2D eigenvalue weighted by atomic mass is 10.0. The van der Waals surface area contributed by atoms with Crippen LogP contribution in [0.4, 0.5) is 4.79 Å². The standard InChI is InChI=1S/C43H51N5O10S/c1-24-19-34(55-25(24)2)31-21-35(37-36(44-31)29-14-11-12-16-33(29)57-37)56-27-20-32-38(49)46-43(40(51)47-59(53,54)28-17-18-28)22-26(43)13-9-7-6-8-10-15-30(39(50)48(32)23-27)45-41(52)58-42(3,4)5/h9,11-14,16,19,21,26-28,30,32H,6-8,10,15,17-18,20,22-23H2,1-5H3,(H,45,52)(H,46,49)(H,47,51)/t26-,27-,30+,32+,43-/m1/s1. The first-order valence-electron chi connectivity index (χ1n) is 20.4. The number of para-hydroxylation sites is 1. The number of furan rings is 2. The molecule has 1 aromatic carbocycles. The molecule has 2 saturated carbocycles. The van der Waals surface area contributed by atoms with E-state index >= 15 is 0 Å². The maximum absolute atomic E-state index is 14.7. The third kappa shape index (κ3) is 8.41. The quantitative estimate of drug-likeness (QED) is 0.182. The van der Waals surface area contributed by atoms with Crippen molar-refractivity contribution in [3.05, 3.63) is 59.9 Å². The molecule has 3 aromatic heterocycles. The number of ether oxygens (including phenoxy) is 2. The molecule has 8 rings (SSSR count). The predicted molar refractivity (Wildman–Crippen MR) is 218 cm³/mol. The number of benzene rings is 1. The molecule has 4 amide bonds. The van der Waals surface area contributed by atoms with E-state index in [0.717, 1.165) is 29.6 Å². The van der Waals surface area contributed by atoms with Gasteiger partial charge in [-0.1, -0.05) is 37.1 Å². The second-order valence-electron chi connectivity index (χ2n) is 17.3. The molecule has 5 atom stereocenters. The Morgan fingerprint density at radius 3 is 2.54 bits per heavy atom. The van der Waals surface area contributed by atoms with Crippen molar-refractivity contribution >= 4 is 55.9 Å². The molecule has 2 aliphatic carbocycles. The van der Waals surface area contributed by atoms with E-state index in [1.54, 1.807) is 26.8 Å². The number of pyridine rings is 1.